The van der Waals surface area contributed by atoms with Gasteiger partial charge < -0.3 is 5.32 Å². The molecule has 0 radical (unpaired) electrons. The predicted molar refractivity (Wildman–Crippen MR) is 76.0 cm³/mol. The zero-order valence-corrected chi connectivity index (χ0v) is 12.0. The first-order valence-electron chi connectivity index (χ1n) is 5.97. The van der Waals surface area contributed by atoms with Crippen molar-refractivity contribution in [2.24, 2.45) is 0 Å². The Labute approximate surface area is 119 Å². The molecule has 0 aromatic heterocycles. The van der Waals surface area contributed by atoms with Crippen LogP contribution in [0.2, 0.25) is 0 Å². The minimum atomic E-state index is -0.550. The second-order valence-corrected chi connectivity index (χ2v) is 5.25. The smallest absolute Gasteiger partial charge is 0.129 e. The molecule has 0 aliphatic rings. The maximum atomic E-state index is 13.7. The Hall–Kier alpha value is -1.26. The molecule has 2 aromatic rings. The predicted octanol–water partition coefficient (Wildman–Crippen LogP) is 4.23. The summed E-state index contributed by atoms with van der Waals surface area (Å²) in [4.78, 5) is 0. The van der Waals surface area contributed by atoms with E-state index in [4.69, 9.17) is 0 Å². The molecule has 1 nitrogen and oxygen atoms in total. The van der Waals surface area contributed by atoms with Crippen molar-refractivity contribution < 1.29 is 8.78 Å². The van der Waals surface area contributed by atoms with Gasteiger partial charge in [-0.05, 0) is 42.8 Å². The van der Waals surface area contributed by atoms with E-state index in [1.165, 1.54) is 12.1 Å². The minimum Gasteiger partial charge on any atom is -0.313 e. The van der Waals surface area contributed by atoms with E-state index in [0.717, 1.165) is 16.1 Å². The Morgan fingerprint density at radius 2 is 1.79 bits per heavy atom. The minimum absolute atomic E-state index is 0.00642. The summed E-state index contributed by atoms with van der Waals surface area (Å²) in [6.07, 6.45) is 0.476. The van der Waals surface area contributed by atoms with Crippen LogP contribution in [-0.2, 0) is 6.42 Å². The topological polar surface area (TPSA) is 12.0 Å². The first-order valence-corrected chi connectivity index (χ1v) is 6.76. The van der Waals surface area contributed by atoms with E-state index in [-0.39, 0.29) is 6.04 Å². The highest BCUT2D eigenvalue weighted by Gasteiger charge is 2.13. The fourth-order valence-corrected chi connectivity index (χ4v) is 2.25. The summed E-state index contributed by atoms with van der Waals surface area (Å²) in [6.45, 7) is 0. The molecule has 2 rings (SSSR count). The first kappa shape index (κ1) is 14.2. The molecule has 19 heavy (non-hydrogen) atoms. The molecule has 0 saturated carbocycles. The van der Waals surface area contributed by atoms with Crippen molar-refractivity contribution in [1.82, 2.24) is 5.32 Å². The van der Waals surface area contributed by atoms with Crippen molar-refractivity contribution in [3.05, 3.63) is 69.7 Å². The van der Waals surface area contributed by atoms with Crippen molar-refractivity contribution in [3.63, 3.8) is 0 Å². The van der Waals surface area contributed by atoms with Gasteiger partial charge in [-0.1, -0.05) is 34.1 Å². The quantitative estimate of drug-likeness (QED) is 0.887. The van der Waals surface area contributed by atoms with Crippen molar-refractivity contribution in [3.8, 4) is 0 Å². The van der Waals surface area contributed by atoms with Crippen molar-refractivity contribution >= 4 is 15.9 Å². The van der Waals surface area contributed by atoms with E-state index in [1.807, 2.05) is 31.3 Å². The van der Waals surface area contributed by atoms with E-state index >= 15 is 0 Å². The number of hydrogen-bond acceptors (Lipinski definition) is 1. The summed E-state index contributed by atoms with van der Waals surface area (Å²) in [5, 5.41) is 3.15. The molecule has 2 aromatic carbocycles. The molecule has 1 N–H and O–H groups in total. The van der Waals surface area contributed by atoms with Crippen LogP contribution in [0.25, 0.3) is 0 Å². The van der Waals surface area contributed by atoms with E-state index in [9.17, 15) is 8.78 Å². The van der Waals surface area contributed by atoms with Crippen LogP contribution in [0.3, 0.4) is 0 Å². The van der Waals surface area contributed by atoms with Gasteiger partial charge in [0.25, 0.3) is 0 Å². The Balaban J connectivity index is 2.21. The lowest BCUT2D eigenvalue weighted by Gasteiger charge is -2.17. The number of benzene rings is 2. The van der Waals surface area contributed by atoms with Crippen molar-refractivity contribution in [2.75, 3.05) is 7.05 Å². The lowest BCUT2D eigenvalue weighted by atomic mass is 9.99. The molecule has 0 fully saturated rings. The molecular weight excluding hydrogens is 312 g/mol. The van der Waals surface area contributed by atoms with Gasteiger partial charge in [-0.2, -0.15) is 0 Å². The van der Waals surface area contributed by atoms with E-state index in [2.05, 4.69) is 21.2 Å². The summed E-state index contributed by atoms with van der Waals surface area (Å²) < 4.78 is 27.5. The van der Waals surface area contributed by atoms with Gasteiger partial charge in [-0.3, -0.25) is 0 Å². The van der Waals surface area contributed by atoms with Gasteiger partial charge in [0.1, 0.15) is 11.6 Å². The summed E-state index contributed by atoms with van der Waals surface area (Å²) >= 11 is 3.38. The van der Waals surface area contributed by atoms with Crippen LogP contribution in [0.5, 0.6) is 0 Å². The van der Waals surface area contributed by atoms with E-state index in [1.54, 1.807) is 0 Å². The maximum Gasteiger partial charge on any atom is 0.129 e. The normalized spacial score (nSPS) is 12.4. The van der Waals surface area contributed by atoms with Crippen LogP contribution < -0.4 is 5.32 Å². The summed E-state index contributed by atoms with van der Waals surface area (Å²) in [5.41, 5.74) is 1.57. The fraction of sp³-hybridized carbons (Fsp3) is 0.200. The maximum absolute atomic E-state index is 13.7. The number of nitrogens with one attached hydrogen (secondary N) is 1. The second-order valence-electron chi connectivity index (χ2n) is 4.33. The highest BCUT2D eigenvalue weighted by atomic mass is 79.9. The van der Waals surface area contributed by atoms with Crippen molar-refractivity contribution in [2.45, 2.75) is 12.5 Å². The van der Waals surface area contributed by atoms with Crippen LogP contribution in [0.1, 0.15) is 17.2 Å². The van der Waals surface area contributed by atoms with Crippen LogP contribution in [-0.4, -0.2) is 7.05 Å². The third-order valence-electron chi connectivity index (χ3n) is 3.06. The van der Waals surface area contributed by atoms with Crippen molar-refractivity contribution in [1.29, 1.82) is 0 Å². The lowest BCUT2D eigenvalue weighted by Crippen LogP contribution is -2.19. The number of likely N-dealkylation sites (N-methyl/N-ethyl adjacent to an activating group) is 1. The largest absolute Gasteiger partial charge is 0.313 e. The molecule has 0 saturated heterocycles. The van der Waals surface area contributed by atoms with Gasteiger partial charge in [0.15, 0.2) is 0 Å². The average Bonchev–Trinajstić information content (AvgIpc) is 2.39. The number of hydrogen-bond donors (Lipinski definition) is 1. The Kier molecular flexibility index (Phi) is 4.66. The van der Waals surface area contributed by atoms with Gasteiger partial charge >= 0.3 is 0 Å². The van der Waals surface area contributed by atoms with Crippen LogP contribution in [0.4, 0.5) is 8.78 Å². The highest BCUT2D eigenvalue weighted by Crippen LogP contribution is 2.22. The standard InChI is InChI=1S/C15H14BrF2N/c1-19-15(10-2-5-12(16)6-3-10)8-11-4-7-13(17)9-14(11)18/h2-7,9,15,19H,8H2,1H3. The third-order valence-corrected chi connectivity index (χ3v) is 3.59. The molecule has 1 atom stereocenters. The first-order chi connectivity index (χ1) is 9.10. The van der Waals surface area contributed by atoms with Crippen LogP contribution in [0, 0.1) is 11.6 Å². The molecule has 0 heterocycles. The average molecular weight is 326 g/mol. The zero-order valence-electron chi connectivity index (χ0n) is 10.5. The van der Waals surface area contributed by atoms with E-state index in [0.29, 0.717) is 12.0 Å². The Morgan fingerprint density at radius 3 is 2.37 bits per heavy atom. The van der Waals surface area contributed by atoms with Gasteiger partial charge in [0.2, 0.25) is 0 Å². The van der Waals surface area contributed by atoms with Crippen LogP contribution >= 0.6 is 15.9 Å². The monoisotopic (exact) mass is 325 g/mol. The van der Waals surface area contributed by atoms with Gasteiger partial charge in [0.05, 0.1) is 0 Å². The molecule has 1 unspecified atom stereocenters. The second kappa shape index (κ2) is 6.26. The Morgan fingerprint density at radius 1 is 1.11 bits per heavy atom. The SMILES string of the molecule is CNC(Cc1ccc(F)cc1F)c1ccc(Br)cc1. The fourth-order valence-electron chi connectivity index (χ4n) is 1.99. The zero-order chi connectivity index (χ0) is 13.8. The number of rotatable bonds is 4. The summed E-state index contributed by atoms with van der Waals surface area (Å²) in [7, 11) is 1.83. The van der Waals surface area contributed by atoms with Gasteiger partial charge in [-0.25, -0.2) is 8.78 Å². The van der Waals surface area contributed by atoms with E-state index < -0.39 is 11.6 Å². The lowest BCUT2D eigenvalue weighted by molar-refractivity contribution is 0.541. The Bertz CT molecular complexity index is 555. The molecule has 0 bridgehead atoms. The molecule has 0 amide bonds. The van der Waals surface area contributed by atoms with Gasteiger partial charge in [-0.15, -0.1) is 0 Å². The molecule has 0 aliphatic carbocycles. The summed E-state index contributed by atoms with van der Waals surface area (Å²) in [5.74, 6) is -1.05. The molecule has 100 valence electrons. The molecule has 0 aliphatic heterocycles. The molecule has 4 heteroatoms. The highest BCUT2D eigenvalue weighted by molar-refractivity contribution is 9.10. The van der Waals surface area contributed by atoms with Gasteiger partial charge in [0, 0.05) is 16.6 Å². The molecule has 0 spiro atoms. The third kappa shape index (κ3) is 3.61. The summed E-state index contributed by atoms with van der Waals surface area (Å²) in [6, 6.07) is 11.5. The molecular formula is C15H14BrF2N. The van der Waals surface area contributed by atoms with Crippen LogP contribution in [0.15, 0.2) is 46.9 Å². The number of halogens is 3.